The molecule has 6 heteroatoms. The first kappa shape index (κ1) is 14.9. The van der Waals surface area contributed by atoms with Gasteiger partial charge in [-0.15, -0.1) is 23.1 Å². The van der Waals surface area contributed by atoms with Crippen LogP contribution in [0.15, 0.2) is 52.9 Å². The molecule has 112 valence electrons. The van der Waals surface area contributed by atoms with Gasteiger partial charge in [0.1, 0.15) is 5.75 Å². The van der Waals surface area contributed by atoms with Crippen molar-refractivity contribution in [3.05, 3.63) is 48.0 Å². The number of nitrogens with zero attached hydrogens (tertiary/aromatic N) is 1. The van der Waals surface area contributed by atoms with Gasteiger partial charge in [0.15, 0.2) is 0 Å². The number of carbonyl (C=O) groups is 1. The minimum Gasteiger partial charge on any atom is -0.497 e. The Balaban J connectivity index is 1.57. The van der Waals surface area contributed by atoms with Gasteiger partial charge in [-0.25, -0.2) is 4.98 Å². The summed E-state index contributed by atoms with van der Waals surface area (Å²) in [7, 11) is 1.63. The predicted molar refractivity (Wildman–Crippen MR) is 92.0 cm³/mol. The van der Waals surface area contributed by atoms with E-state index in [-0.39, 0.29) is 5.91 Å². The molecule has 1 amide bonds. The van der Waals surface area contributed by atoms with Crippen LogP contribution in [-0.4, -0.2) is 23.8 Å². The van der Waals surface area contributed by atoms with E-state index >= 15 is 0 Å². The van der Waals surface area contributed by atoms with Crippen LogP contribution in [0.3, 0.4) is 0 Å². The smallest absolute Gasteiger partial charge is 0.234 e. The third-order valence-corrected chi connectivity index (χ3v) is 4.87. The molecule has 0 fully saturated rings. The second-order valence-corrected chi connectivity index (χ2v) is 6.48. The Labute approximate surface area is 136 Å². The van der Waals surface area contributed by atoms with Crippen molar-refractivity contribution < 1.29 is 9.53 Å². The number of ether oxygens (including phenoxy) is 1. The molecule has 22 heavy (non-hydrogen) atoms. The van der Waals surface area contributed by atoms with Crippen molar-refractivity contribution in [3.8, 4) is 5.75 Å². The average Bonchev–Trinajstić information content (AvgIpc) is 3.01. The summed E-state index contributed by atoms with van der Waals surface area (Å²) in [5.41, 5.74) is 3.49. The first-order valence-electron chi connectivity index (χ1n) is 6.64. The highest BCUT2D eigenvalue weighted by Gasteiger charge is 2.05. The fraction of sp³-hybridized carbons (Fsp3) is 0.125. The first-order chi connectivity index (χ1) is 10.7. The molecule has 0 aliphatic carbocycles. The Bertz CT molecular complexity index is 784. The van der Waals surface area contributed by atoms with Crippen LogP contribution in [0.5, 0.6) is 5.75 Å². The Morgan fingerprint density at radius 1 is 1.27 bits per heavy atom. The Morgan fingerprint density at radius 3 is 2.86 bits per heavy atom. The number of fused-ring (bicyclic) bond motifs is 1. The first-order valence-corrected chi connectivity index (χ1v) is 8.51. The number of hydrogen-bond donors (Lipinski definition) is 1. The van der Waals surface area contributed by atoms with Gasteiger partial charge >= 0.3 is 0 Å². The lowest BCUT2D eigenvalue weighted by atomic mass is 10.3. The number of amides is 1. The highest BCUT2D eigenvalue weighted by molar-refractivity contribution is 8.00. The van der Waals surface area contributed by atoms with E-state index in [4.69, 9.17) is 4.74 Å². The van der Waals surface area contributed by atoms with E-state index in [1.807, 2.05) is 42.5 Å². The second kappa shape index (κ2) is 6.81. The quantitative estimate of drug-likeness (QED) is 0.718. The maximum Gasteiger partial charge on any atom is 0.234 e. The number of anilines is 1. The summed E-state index contributed by atoms with van der Waals surface area (Å²) in [5.74, 6) is 1.14. The van der Waals surface area contributed by atoms with Gasteiger partial charge in [0.25, 0.3) is 0 Å². The van der Waals surface area contributed by atoms with Gasteiger partial charge in [0, 0.05) is 10.6 Å². The highest BCUT2D eigenvalue weighted by Crippen LogP contribution is 2.23. The van der Waals surface area contributed by atoms with Crippen LogP contribution in [-0.2, 0) is 4.79 Å². The molecule has 0 saturated heterocycles. The Morgan fingerprint density at radius 2 is 2.09 bits per heavy atom. The zero-order valence-corrected chi connectivity index (χ0v) is 13.5. The number of thiazole rings is 1. The Hall–Kier alpha value is -2.05. The van der Waals surface area contributed by atoms with Crippen LogP contribution in [0.2, 0.25) is 0 Å². The van der Waals surface area contributed by atoms with Gasteiger partial charge in [0.05, 0.1) is 28.6 Å². The van der Waals surface area contributed by atoms with Crippen LogP contribution < -0.4 is 10.1 Å². The van der Waals surface area contributed by atoms with Gasteiger partial charge in [-0.2, -0.15) is 0 Å². The molecule has 0 saturated carbocycles. The molecule has 0 bridgehead atoms. The fourth-order valence-corrected chi connectivity index (χ4v) is 3.31. The van der Waals surface area contributed by atoms with Crippen molar-refractivity contribution in [2.45, 2.75) is 4.90 Å². The third-order valence-electron chi connectivity index (χ3n) is 3.04. The lowest BCUT2D eigenvalue weighted by Gasteiger charge is -2.06. The van der Waals surface area contributed by atoms with Crippen molar-refractivity contribution in [2.75, 3.05) is 18.2 Å². The van der Waals surface area contributed by atoms with E-state index in [1.165, 1.54) is 11.8 Å². The summed E-state index contributed by atoms with van der Waals surface area (Å²) in [6.45, 7) is 0. The van der Waals surface area contributed by atoms with Crippen molar-refractivity contribution >= 4 is 44.9 Å². The normalized spacial score (nSPS) is 10.6. The van der Waals surface area contributed by atoms with Gasteiger partial charge in [0.2, 0.25) is 5.91 Å². The molecular weight excluding hydrogens is 316 g/mol. The SMILES string of the molecule is COc1ccc(SCC(=O)Nc2ccc3scnc3c2)cc1. The van der Waals surface area contributed by atoms with Crippen LogP contribution >= 0.6 is 23.1 Å². The molecule has 0 aliphatic rings. The summed E-state index contributed by atoms with van der Waals surface area (Å²) in [6, 6.07) is 13.4. The molecule has 0 spiro atoms. The molecule has 3 aromatic rings. The standard InChI is InChI=1S/C16H14N2O2S2/c1-20-12-3-5-13(6-4-12)21-9-16(19)18-11-2-7-15-14(8-11)17-10-22-15/h2-8,10H,9H2,1H3,(H,18,19). The number of carbonyl (C=O) groups excluding carboxylic acids is 1. The lowest BCUT2D eigenvalue weighted by Crippen LogP contribution is -2.13. The van der Waals surface area contributed by atoms with Gasteiger partial charge in [-0.05, 0) is 42.5 Å². The summed E-state index contributed by atoms with van der Waals surface area (Å²) in [6.07, 6.45) is 0. The predicted octanol–water partition coefficient (Wildman–Crippen LogP) is 4.04. The van der Waals surface area contributed by atoms with Crippen LogP contribution in [0.25, 0.3) is 10.2 Å². The molecule has 0 aliphatic heterocycles. The Kier molecular flexibility index (Phi) is 4.60. The molecule has 0 atom stereocenters. The molecule has 1 N–H and O–H groups in total. The van der Waals surface area contributed by atoms with Crippen molar-refractivity contribution in [3.63, 3.8) is 0 Å². The minimum absolute atomic E-state index is 0.0320. The molecule has 1 aromatic heterocycles. The van der Waals surface area contributed by atoms with E-state index < -0.39 is 0 Å². The van der Waals surface area contributed by atoms with E-state index in [1.54, 1.807) is 24.0 Å². The van der Waals surface area contributed by atoms with E-state index in [0.717, 1.165) is 26.5 Å². The molecule has 4 nitrogen and oxygen atoms in total. The number of nitrogens with one attached hydrogen (secondary N) is 1. The van der Waals surface area contributed by atoms with Crippen LogP contribution in [0.4, 0.5) is 5.69 Å². The van der Waals surface area contributed by atoms with Crippen molar-refractivity contribution in [1.82, 2.24) is 4.98 Å². The maximum absolute atomic E-state index is 12.0. The fourth-order valence-electron chi connectivity index (χ4n) is 1.95. The van der Waals surface area contributed by atoms with E-state index in [0.29, 0.717) is 5.75 Å². The molecule has 3 rings (SSSR count). The number of thioether (sulfide) groups is 1. The zero-order valence-electron chi connectivity index (χ0n) is 11.9. The van der Waals surface area contributed by atoms with Gasteiger partial charge in [-0.3, -0.25) is 4.79 Å². The maximum atomic E-state index is 12.0. The van der Waals surface area contributed by atoms with Crippen molar-refractivity contribution in [1.29, 1.82) is 0 Å². The molecule has 1 heterocycles. The number of hydrogen-bond acceptors (Lipinski definition) is 5. The molecule has 0 unspecified atom stereocenters. The average molecular weight is 330 g/mol. The minimum atomic E-state index is -0.0320. The highest BCUT2D eigenvalue weighted by atomic mass is 32.2. The molecule has 0 radical (unpaired) electrons. The second-order valence-electron chi connectivity index (χ2n) is 4.55. The number of aromatic nitrogens is 1. The van der Waals surface area contributed by atoms with Crippen LogP contribution in [0, 0.1) is 0 Å². The summed E-state index contributed by atoms with van der Waals surface area (Å²) >= 11 is 3.08. The number of rotatable bonds is 5. The zero-order chi connectivity index (χ0) is 15.4. The number of benzene rings is 2. The molecular formula is C16H14N2O2S2. The summed E-state index contributed by atoms with van der Waals surface area (Å²) < 4.78 is 6.22. The van der Waals surface area contributed by atoms with Gasteiger partial charge in [-0.1, -0.05) is 0 Å². The third kappa shape index (κ3) is 3.58. The number of methoxy groups -OCH3 is 1. The summed E-state index contributed by atoms with van der Waals surface area (Å²) in [5, 5.41) is 2.90. The van der Waals surface area contributed by atoms with E-state index in [2.05, 4.69) is 10.3 Å². The van der Waals surface area contributed by atoms with Crippen LogP contribution in [0.1, 0.15) is 0 Å². The molecule has 2 aromatic carbocycles. The lowest BCUT2D eigenvalue weighted by molar-refractivity contribution is -0.113. The topological polar surface area (TPSA) is 51.2 Å². The van der Waals surface area contributed by atoms with Crippen molar-refractivity contribution in [2.24, 2.45) is 0 Å². The monoisotopic (exact) mass is 330 g/mol. The van der Waals surface area contributed by atoms with Gasteiger partial charge < -0.3 is 10.1 Å². The largest absolute Gasteiger partial charge is 0.497 e. The van der Waals surface area contributed by atoms with E-state index in [9.17, 15) is 4.79 Å². The summed E-state index contributed by atoms with van der Waals surface area (Å²) in [4.78, 5) is 17.3.